The van der Waals surface area contributed by atoms with Crippen molar-refractivity contribution >= 4 is 33.5 Å². The summed E-state index contributed by atoms with van der Waals surface area (Å²) in [6, 6.07) is 3.62. The number of carbonyl (C=O) groups excluding carboxylic acids is 2. The quantitative estimate of drug-likeness (QED) is 0.514. The predicted molar refractivity (Wildman–Crippen MR) is 95.0 cm³/mol. The summed E-state index contributed by atoms with van der Waals surface area (Å²) in [5.74, 6) is -1.34. The van der Waals surface area contributed by atoms with Gasteiger partial charge in [0.05, 0.1) is 15.5 Å². The molecule has 9 heteroatoms. The van der Waals surface area contributed by atoms with Gasteiger partial charge >= 0.3 is 5.97 Å². The summed E-state index contributed by atoms with van der Waals surface area (Å²) < 4.78 is 30.7. The third-order valence-electron chi connectivity index (χ3n) is 3.12. The minimum absolute atomic E-state index is 0.0153. The Bertz CT molecular complexity index is 767. The molecule has 0 spiro atoms. The van der Waals surface area contributed by atoms with Crippen LogP contribution in [0.4, 0.5) is 0 Å². The maximum atomic E-state index is 12.1. The van der Waals surface area contributed by atoms with Gasteiger partial charge in [-0.1, -0.05) is 23.8 Å². The molecule has 0 saturated heterocycles. The van der Waals surface area contributed by atoms with E-state index in [0.717, 1.165) is 6.07 Å². The van der Waals surface area contributed by atoms with Crippen molar-refractivity contribution < 1.29 is 22.7 Å². The highest BCUT2D eigenvalue weighted by Gasteiger charge is 2.20. The van der Waals surface area contributed by atoms with Crippen molar-refractivity contribution in [3.8, 4) is 0 Å². The number of amides is 1. The summed E-state index contributed by atoms with van der Waals surface area (Å²) in [5.41, 5.74) is -0.148. The van der Waals surface area contributed by atoms with Crippen molar-refractivity contribution in [3.63, 3.8) is 0 Å². The maximum Gasteiger partial charge on any atom is 0.340 e. The van der Waals surface area contributed by atoms with Gasteiger partial charge in [0, 0.05) is 13.1 Å². The zero-order valence-electron chi connectivity index (χ0n) is 13.7. The molecule has 0 aromatic heterocycles. The lowest BCUT2D eigenvalue weighted by Gasteiger charge is -2.19. The van der Waals surface area contributed by atoms with Crippen molar-refractivity contribution in [2.45, 2.75) is 4.90 Å². The number of nitrogens with one attached hydrogen (secondary N) is 1. The Hall–Kier alpha value is -2.16. The fourth-order valence-electron chi connectivity index (χ4n) is 1.83. The van der Waals surface area contributed by atoms with Gasteiger partial charge in [-0.05, 0) is 25.2 Å². The second-order valence-electron chi connectivity index (χ2n) is 4.80. The molecule has 0 bridgehead atoms. The number of halogens is 1. The van der Waals surface area contributed by atoms with E-state index in [9.17, 15) is 18.0 Å². The molecule has 1 aromatic rings. The van der Waals surface area contributed by atoms with Crippen LogP contribution >= 0.6 is 11.6 Å². The molecule has 0 atom stereocenters. The van der Waals surface area contributed by atoms with Crippen LogP contribution in [-0.4, -0.2) is 51.9 Å². The Labute approximate surface area is 152 Å². The van der Waals surface area contributed by atoms with Crippen LogP contribution in [0.2, 0.25) is 5.02 Å². The van der Waals surface area contributed by atoms with Gasteiger partial charge in [0.1, 0.15) is 0 Å². The third-order valence-corrected chi connectivity index (χ3v) is 4.86. The molecule has 1 N–H and O–H groups in total. The van der Waals surface area contributed by atoms with Gasteiger partial charge in [0.15, 0.2) is 6.61 Å². The van der Waals surface area contributed by atoms with E-state index in [1.165, 1.54) is 36.2 Å². The minimum Gasteiger partial charge on any atom is -0.452 e. The molecule has 0 aliphatic rings. The van der Waals surface area contributed by atoms with Gasteiger partial charge in [-0.25, -0.2) is 17.9 Å². The van der Waals surface area contributed by atoms with Crippen molar-refractivity contribution in [1.29, 1.82) is 0 Å². The molecular formula is C16H19ClN2O5S. The van der Waals surface area contributed by atoms with Crippen molar-refractivity contribution in [2.24, 2.45) is 0 Å². The molecule has 0 aliphatic heterocycles. The number of nitrogens with zero attached hydrogens (tertiary/aromatic N) is 1. The molecule has 0 radical (unpaired) electrons. The first-order valence-electron chi connectivity index (χ1n) is 7.16. The first-order valence-corrected chi connectivity index (χ1v) is 9.02. The predicted octanol–water partition coefficient (Wildman–Crippen LogP) is 1.61. The molecule has 0 unspecified atom stereocenters. The standard InChI is InChI=1S/C16H19ClN2O5S/c1-4-8-19(9-5-2)15(20)11-24-16(21)13-10-12(6-7-14(13)17)25(22,23)18-3/h4-7,10,18H,1-2,8-9,11H2,3H3. The van der Waals surface area contributed by atoms with Crippen LogP contribution < -0.4 is 4.72 Å². The number of hydrogen-bond donors (Lipinski definition) is 1. The largest absolute Gasteiger partial charge is 0.452 e. The normalized spacial score (nSPS) is 10.8. The first-order chi connectivity index (χ1) is 11.8. The Kier molecular flexibility index (Phi) is 7.82. The first kappa shape index (κ1) is 20.9. The highest BCUT2D eigenvalue weighted by Crippen LogP contribution is 2.21. The van der Waals surface area contributed by atoms with Crippen molar-refractivity contribution in [3.05, 3.63) is 54.1 Å². The van der Waals surface area contributed by atoms with Crippen LogP contribution in [0.3, 0.4) is 0 Å². The maximum absolute atomic E-state index is 12.1. The highest BCUT2D eigenvalue weighted by atomic mass is 35.5. The molecule has 7 nitrogen and oxygen atoms in total. The molecule has 0 aliphatic carbocycles. The monoisotopic (exact) mass is 386 g/mol. The van der Waals surface area contributed by atoms with Crippen LogP contribution in [0.15, 0.2) is 48.4 Å². The highest BCUT2D eigenvalue weighted by molar-refractivity contribution is 7.89. The number of sulfonamides is 1. The molecular weight excluding hydrogens is 368 g/mol. The number of hydrogen-bond acceptors (Lipinski definition) is 5. The van der Waals surface area contributed by atoms with E-state index in [1.54, 1.807) is 0 Å². The average molecular weight is 387 g/mol. The Morgan fingerprint density at radius 1 is 1.28 bits per heavy atom. The summed E-state index contributed by atoms with van der Waals surface area (Å²) in [7, 11) is -2.50. The Morgan fingerprint density at radius 2 is 1.88 bits per heavy atom. The van der Waals surface area contributed by atoms with Crippen molar-refractivity contribution in [2.75, 3.05) is 26.7 Å². The number of esters is 1. The summed E-state index contributed by atoms with van der Waals surface area (Å²) in [5, 5.41) is 0.0153. The second kappa shape index (κ2) is 9.36. The van der Waals surface area contributed by atoms with Gasteiger partial charge in [-0.15, -0.1) is 13.2 Å². The van der Waals surface area contributed by atoms with E-state index in [-0.39, 0.29) is 28.6 Å². The van der Waals surface area contributed by atoms with Crippen LogP contribution in [0, 0.1) is 0 Å². The fraction of sp³-hybridized carbons (Fsp3) is 0.250. The lowest BCUT2D eigenvalue weighted by molar-refractivity contribution is -0.133. The molecule has 25 heavy (non-hydrogen) atoms. The Morgan fingerprint density at radius 3 is 2.40 bits per heavy atom. The summed E-state index contributed by atoms with van der Waals surface area (Å²) in [4.78, 5) is 25.4. The van der Waals surface area contributed by atoms with Crippen LogP contribution in [0.25, 0.3) is 0 Å². The molecule has 0 saturated carbocycles. The van der Waals surface area contributed by atoms with Gasteiger partial charge in [-0.3, -0.25) is 4.79 Å². The minimum atomic E-state index is -3.74. The third kappa shape index (κ3) is 5.70. The molecule has 1 aromatic carbocycles. The van der Waals surface area contributed by atoms with Gasteiger partial charge in [0.2, 0.25) is 10.0 Å². The molecule has 0 heterocycles. The number of benzene rings is 1. The zero-order chi connectivity index (χ0) is 19.0. The van der Waals surface area contributed by atoms with E-state index in [4.69, 9.17) is 16.3 Å². The number of carbonyl (C=O) groups is 2. The lowest BCUT2D eigenvalue weighted by Crippen LogP contribution is -2.35. The topological polar surface area (TPSA) is 92.8 Å². The SMILES string of the molecule is C=CCN(CC=C)C(=O)COC(=O)c1cc(S(=O)(=O)NC)ccc1Cl. The van der Waals surface area contributed by atoms with E-state index >= 15 is 0 Å². The fourth-order valence-corrected chi connectivity index (χ4v) is 2.78. The summed E-state index contributed by atoms with van der Waals surface area (Å²) in [6.07, 6.45) is 3.07. The molecule has 1 amide bonds. The van der Waals surface area contributed by atoms with E-state index < -0.39 is 28.5 Å². The van der Waals surface area contributed by atoms with Gasteiger partial charge in [-0.2, -0.15) is 0 Å². The van der Waals surface area contributed by atoms with Crippen LogP contribution in [0.1, 0.15) is 10.4 Å². The van der Waals surface area contributed by atoms with E-state index in [0.29, 0.717) is 0 Å². The Balaban J connectivity index is 2.90. The van der Waals surface area contributed by atoms with Crippen molar-refractivity contribution in [1.82, 2.24) is 9.62 Å². The smallest absolute Gasteiger partial charge is 0.340 e. The van der Waals surface area contributed by atoms with Gasteiger partial charge < -0.3 is 9.64 Å². The van der Waals surface area contributed by atoms with E-state index in [2.05, 4.69) is 17.9 Å². The van der Waals surface area contributed by atoms with Crippen LogP contribution in [-0.2, 0) is 19.6 Å². The summed E-state index contributed by atoms with van der Waals surface area (Å²) >= 11 is 5.92. The molecule has 136 valence electrons. The molecule has 0 fully saturated rings. The summed E-state index contributed by atoms with van der Waals surface area (Å²) in [6.45, 7) is 7.13. The van der Waals surface area contributed by atoms with E-state index in [1.807, 2.05) is 0 Å². The van der Waals surface area contributed by atoms with Crippen LogP contribution in [0.5, 0.6) is 0 Å². The average Bonchev–Trinajstić information content (AvgIpc) is 2.59. The molecule has 1 rings (SSSR count). The number of ether oxygens (including phenoxy) is 1. The number of rotatable bonds is 9. The zero-order valence-corrected chi connectivity index (χ0v) is 15.3. The van der Waals surface area contributed by atoms with Gasteiger partial charge in [0.25, 0.3) is 5.91 Å². The lowest BCUT2D eigenvalue weighted by atomic mass is 10.2. The second-order valence-corrected chi connectivity index (χ2v) is 7.10.